The van der Waals surface area contributed by atoms with Crippen LogP contribution >= 0.6 is 11.6 Å². The maximum atomic E-state index is 11.7. The predicted octanol–water partition coefficient (Wildman–Crippen LogP) is 2.51. The second-order valence-corrected chi connectivity index (χ2v) is 5.54. The Hall–Kier alpha value is -1.68. The quantitative estimate of drug-likeness (QED) is 0.813. The highest BCUT2D eigenvalue weighted by Gasteiger charge is 2.25. The van der Waals surface area contributed by atoms with Gasteiger partial charge in [-0.05, 0) is 25.5 Å². The number of nitrogens with zero attached hydrogens (tertiary/aromatic N) is 1. The second kappa shape index (κ2) is 6.18. The van der Waals surface area contributed by atoms with Gasteiger partial charge in [-0.15, -0.1) is 11.6 Å². The highest BCUT2D eigenvalue weighted by atomic mass is 35.5. The van der Waals surface area contributed by atoms with Gasteiger partial charge in [0.1, 0.15) is 5.38 Å². The number of hydrogen-bond acceptors (Lipinski definition) is 2. The molecule has 0 fully saturated rings. The number of allylic oxidation sites excluding steroid dienone is 3. The Labute approximate surface area is 123 Å². The number of carbonyl (C=O) groups is 2. The van der Waals surface area contributed by atoms with Crippen molar-refractivity contribution in [3.05, 3.63) is 35.6 Å². The van der Waals surface area contributed by atoms with E-state index in [1.54, 1.807) is 25.2 Å². The fourth-order valence-electron chi connectivity index (χ4n) is 2.27. The van der Waals surface area contributed by atoms with E-state index < -0.39 is 5.38 Å². The SMILES string of the molecule is CCCC1=CC(=O)NC2=CC(=NC(=O)C(C)Cl)C=CC12. The Morgan fingerprint density at radius 2 is 2.25 bits per heavy atom. The van der Waals surface area contributed by atoms with Gasteiger partial charge in [-0.3, -0.25) is 9.59 Å². The molecule has 2 amide bonds. The van der Waals surface area contributed by atoms with Gasteiger partial charge in [0.15, 0.2) is 0 Å². The van der Waals surface area contributed by atoms with Gasteiger partial charge < -0.3 is 5.32 Å². The molecule has 106 valence electrons. The molecule has 0 aromatic rings. The molecule has 20 heavy (non-hydrogen) atoms. The molecule has 0 radical (unpaired) electrons. The normalized spacial score (nSPS) is 24.6. The maximum Gasteiger partial charge on any atom is 0.263 e. The molecule has 0 spiro atoms. The minimum atomic E-state index is -0.650. The Morgan fingerprint density at radius 1 is 1.50 bits per heavy atom. The highest BCUT2D eigenvalue weighted by Crippen LogP contribution is 2.29. The van der Waals surface area contributed by atoms with Crippen LogP contribution in [0.25, 0.3) is 0 Å². The van der Waals surface area contributed by atoms with Gasteiger partial charge in [-0.25, -0.2) is 4.99 Å². The lowest BCUT2D eigenvalue weighted by molar-refractivity contribution is -0.117. The zero-order valence-corrected chi connectivity index (χ0v) is 12.3. The van der Waals surface area contributed by atoms with Crippen molar-refractivity contribution in [3.63, 3.8) is 0 Å². The van der Waals surface area contributed by atoms with Gasteiger partial charge in [0.05, 0.1) is 5.71 Å². The van der Waals surface area contributed by atoms with Crippen LogP contribution in [-0.4, -0.2) is 22.9 Å². The number of hydrogen-bond donors (Lipinski definition) is 1. The van der Waals surface area contributed by atoms with E-state index in [0.717, 1.165) is 24.1 Å². The Balaban J connectivity index is 2.26. The van der Waals surface area contributed by atoms with E-state index in [1.807, 2.05) is 6.08 Å². The molecule has 0 saturated carbocycles. The molecule has 1 N–H and O–H groups in total. The fraction of sp³-hybridized carbons (Fsp3) is 0.400. The first-order valence-corrected chi connectivity index (χ1v) is 7.12. The lowest BCUT2D eigenvalue weighted by Gasteiger charge is -2.27. The first kappa shape index (κ1) is 14.7. The van der Waals surface area contributed by atoms with Gasteiger partial charge in [0.25, 0.3) is 5.91 Å². The van der Waals surface area contributed by atoms with E-state index in [2.05, 4.69) is 17.2 Å². The maximum absolute atomic E-state index is 11.7. The first-order chi connectivity index (χ1) is 9.51. The Kier molecular flexibility index (Phi) is 4.55. The van der Waals surface area contributed by atoms with Gasteiger partial charge in [0.2, 0.25) is 5.91 Å². The van der Waals surface area contributed by atoms with Crippen molar-refractivity contribution in [2.45, 2.75) is 32.1 Å². The van der Waals surface area contributed by atoms with E-state index in [0.29, 0.717) is 5.71 Å². The molecule has 5 heteroatoms. The lowest BCUT2D eigenvalue weighted by Crippen LogP contribution is -2.33. The summed E-state index contributed by atoms with van der Waals surface area (Å²) in [5.74, 6) is -0.425. The number of nitrogens with one attached hydrogen (secondary N) is 1. The Morgan fingerprint density at radius 3 is 2.90 bits per heavy atom. The van der Waals surface area contributed by atoms with Crippen LogP contribution in [-0.2, 0) is 9.59 Å². The van der Waals surface area contributed by atoms with Crippen LogP contribution in [0.4, 0.5) is 0 Å². The number of alkyl halides is 1. The number of rotatable bonds is 3. The number of halogens is 1. The molecule has 0 bridgehead atoms. The highest BCUT2D eigenvalue weighted by molar-refractivity contribution is 6.31. The summed E-state index contributed by atoms with van der Waals surface area (Å²) in [5.41, 5.74) is 2.39. The van der Waals surface area contributed by atoms with Crippen LogP contribution in [0.3, 0.4) is 0 Å². The van der Waals surface area contributed by atoms with Crippen LogP contribution in [0.2, 0.25) is 0 Å². The summed E-state index contributed by atoms with van der Waals surface area (Å²) >= 11 is 5.69. The minimum absolute atomic E-state index is 0.0788. The minimum Gasteiger partial charge on any atom is -0.325 e. The monoisotopic (exact) mass is 292 g/mol. The van der Waals surface area contributed by atoms with Gasteiger partial charge in [-0.2, -0.15) is 0 Å². The van der Waals surface area contributed by atoms with Crippen molar-refractivity contribution in [2.75, 3.05) is 0 Å². The number of amides is 2. The van der Waals surface area contributed by atoms with E-state index in [4.69, 9.17) is 11.6 Å². The summed E-state index contributed by atoms with van der Waals surface area (Å²) in [5, 5.41) is 2.16. The molecule has 2 unspecified atom stereocenters. The molecule has 2 atom stereocenters. The van der Waals surface area contributed by atoms with Gasteiger partial charge in [0, 0.05) is 17.7 Å². The summed E-state index contributed by atoms with van der Waals surface area (Å²) in [7, 11) is 0. The van der Waals surface area contributed by atoms with Crippen molar-refractivity contribution < 1.29 is 9.59 Å². The fourth-order valence-corrected chi connectivity index (χ4v) is 2.32. The van der Waals surface area contributed by atoms with Crippen LogP contribution in [0.1, 0.15) is 26.7 Å². The van der Waals surface area contributed by atoms with Crippen LogP contribution in [0, 0.1) is 5.92 Å². The third kappa shape index (κ3) is 3.25. The van der Waals surface area contributed by atoms with Crippen molar-refractivity contribution in [2.24, 2.45) is 10.9 Å². The third-order valence-corrected chi connectivity index (χ3v) is 3.39. The zero-order chi connectivity index (χ0) is 14.7. The lowest BCUT2D eigenvalue weighted by atomic mass is 9.85. The van der Waals surface area contributed by atoms with Crippen molar-refractivity contribution >= 4 is 29.1 Å². The van der Waals surface area contributed by atoms with Crippen LogP contribution < -0.4 is 5.32 Å². The van der Waals surface area contributed by atoms with E-state index in [-0.39, 0.29) is 17.7 Å². The summed E-state index contributed by atoms with van der Waals surface area (Å²) in [6.07, 6.45) is 9.02. The summed E-state index contributed by atoms with van der Waals surface area (Å²) in [6, 6.07) is 0. The molecule has 2 aliphatic rings. The third-order valence-electron chi connectivity index (χ3n) is 3.20. The van der Waals surface area contributed by atoms with Gasteiger partial charge >= 0.3 is 0 Å². The molecule has 0 aromatic heterocycles. The molecule has 2 rings (SSSR count). The number of aliphatic imine (C=N–C) groups is 1. The van der Waals surface area contributed by atoms with Crippen molar-refractivity contribution in [1.82, 2.24) is 5.32 Å². The summed E-state index contributed by atoms with van der Waals surface area (Å²) in [4.78, 5) is 27.1. The van der Waals surface area contributed by atoms with Gasteiger partial charge in [-0.1, -0.05) is 25.0 Å². The zero-order valence-electron chi connectivity index (χ0n) is 11.5. The second-order valence-electron chi connectivity index (χ2n) is 4.89. The van der Waals surface area contributed by atoms with Crippen LogP contribution in [0.5, 0.6) is 0 Å². The topological polar surface area (TPSA) is 58.5 Å². The first-order valence-electron chi connectivity index (χ1n) is 6.69. The Bertz CT molecular complexity index is 556. The van der Waals surface area contributed by atoms with Crippen molar-refractivity contribution in [1.29, 1.82) is 0 Å². The molecule has 1 heterocycles. The average molecular weight is 293 g/mol. The number of fused-ring (bicyclic) bond motifs is 1. The largest absolute Gasteiger partial charge is 0.325 e. The van der Waals surface area contributed by atoms with E-state index >= 15 is 0 Å². The van der Waals surface area contributed by atoms with Crippen LogP contribution in [0.15, 0.2) is 40.6 Å². The molecule has 1 aliphatic carbocycles. The van der Waals surface area contributed by atoms with E-state index in [1.165, 1.54) is 0 Å². The molecule has 0 aromatic carbocycles. The molecule has 1 aliphatic heterocycles. The van der Waals surface area contributed by atoms with Crippen molar-refractivity contribution in [3.8, 4) is 0 Å². The standard InChI is InChI=1S/C15H17ClN2O2/c1-3-4-10-7-14(19)18-13-8-11(5-6-12(10)13)17-15(20)9(2)16/h5-9,12H,3-4H2,1-2H3,(H,18,19). The summed E-state index contributed by atoms with van der Waals surface area (Å²) < 4.78 is 0. The molecular formula is C15H17ClN2O2. The predicted molar refractivity (Wildman–Crippen MR) is 79.6 cm³/mol. The van der Waals surface area contributed by atoms with E-state index in [9.17, 15) is 9.59 Å². The summed E-state index contributed by atoms with van der Waals surface area (Å²) in [6.45, 7) is 3.66. The average Bonchev–Trinajstić information content (AvgIpc) is 2.38. The molecular weight excluding hydrogens is 276 g/mol. The molecule has 4 nitrogen and oxygen atoms in total. The number of carbonyl (C=O) groups excluding carboxylic acids is 2. The molecule has 0 saturated heterocycles. The smallest absolute Gasteiger partial charge is 0.263 e.